The second kappa shape index (κ2) is 4.51. The minimum atomic E-state index is -0.552. The molecule has 0 spiro atoms. The van der Waals surface area contributed by atoms with Crippen molar-refractivity contribution >= 4 is 11.8 Å². The first kappa shape index (κ1) is 12.5. The molecule has 0 bridgehead atoms. The van der Waals surface area contributed by atoms with Crippen LogP contribution in [0.25, 0.3) is 0 Å². The zero-order valence-corrected chi connectivity index (χ0v) is 9.82. The topological polar surface area (TPSA) is 63.4 Å². The maximum absolute atomic E-state index is 11.8. The molecule has 16 heavy (non-hydrogen) atoms. The second-order valence-electron chi connectivity index (χ2n) is 4.56. The molecule has 1 aliphatic rings. The lowest BCUT2D eigenvalue weighted by Crippen LogP contribution is -2.46. The molecule has 0 aromatic carbocycles. The van der Waals surface area contributed by atoms with Crippen molar-refractivity contribution in [3.8, 4) is 0 Å². The molecule has 4 heteroatoms. The van der Waals surface area contributed by atoms with Crippen LogP contribution in [0.1, 0.15) is 20.3 Å². The summed E-state index contributed by atoms with van der Waals surface area (Å²) in [6.45, 7) is 11.7. The highest BCUT2D eigenvalue weighted by molar-refractivity contribution is 6.02. The quantitative estimate of drug-likeness (QED) is 0.716. The number of amides is 2. The predicted octanol–water partition coefficient (Wildman–Crippen LogP) is 0.841. The molecule has 0 aromatic heterocycles. The predicted molar refractivity (Wildman–Crippen MR) is 62.4 cm³/mol. The average molecular weight is 222 g/mol. The van der Waals surface area contributed by atoms with E-state index in [0.717, 1.165) is 0 Å². The maximum atomic E-state index is 11.8. The first-order chi connectivity index (χ1) is 7.34. The molecule has 0 saturated carbocycles. The van der Waals surface area contributed by atoms with Gasteiger partial charge in [-0.15, -0.1) is 0 Å². The van der Waals surface area contributed by atoms with E-state index in [1.54, 1.807) is 0 Å². The fraction of sp³-hybridized carbons (Fsp3) is 0.500. The van der Waals surface area contributed by atoms with Crippen LogP contribution in [0.3, 0.4) is 0 Å². The monoisotopic (exact) mass is 222 g/mol. The third kappa shape index (κ3) is 2.32. The smallest absolute Gasteiger partial charge is 0.254 e. The largest absolute Gasteiger partial charge is 0.368 e. The molecule has 88 valence electrons. The van der Waals surface area contributed by atoms with Gasteiger partial charge in [0.05, 0.1) is 0 Å². The minimum Gasteiger partial charge on any atom is -0.368 e. The Morgan fingerprint density at radius 2 is 2.06 bits per heavy atom. The van der Waals surface area contributed by atoms with E-state index in [2.05, 4.69) is 13.2 Å². The molecule has 1 heterocycles. The third-order valence-corrected chi connectivity index (χ3v) is 2.71. The molecular weight excluding hydrogens is 204 g/mol. The van der Waals surface area contributed by atoms with E-state index >= 15 is 0 Å². The SMILES string of the molecule is C=C1CN(C(CC(C)C)C(N)=O)C(=O)C1=C. The first-order valence-electron chi connectivity index (χ1n) is 5.32. The number of rotatable bonds is 4. The summed E-state index contributed by atoms with van der Waals surface area (Å²) < 4.78 is 0. The van der Waals surface area contributed by atoms with Gasteiger partial charge in [-0.1, -0.05) is 27.0 Å². The molecule has 2 amide bonds. The Morgan fingerprint density at radius 1 is 1.50 bits per heavy atom. The third-order valence-electron chi connectivity index (χ3n) is 2.71. The molecule has 0 radical (unpaired) electrons. The van der Waals surface area contributed by atoms with Crippen LogP contribution in [0.15, 0.2) is 24.3 Å². The summed E-state index contributed by atoms with van der Waals surface area (Å²) in [5, 5.41) is 0. The van der Waals surface area contributed by atoms with Gasteiger partial charge in [-0.3, -0.25) is 9.59 Å². The number of hydrogen-bond acceptors (Lipinski definition) is 2. The van der Waals surface area contributed by atoms with Gasteiger partial charge >= 0.3 is 0 Å². The van der Waals surface area contributed by atoms with Gasteiger partial charge < -0.3 is 10.6 Å². The number of carbonyl (C=O) groups is 2. The molecule has 4 nitrogen and oxygen atoms in total. The van der Waals surface area contributed by atoms with Gasteiger partial charge in [0.25, 0.3) is 5.91 Å². The van der Waals surface area contributed by atoms with Gasteiger partial charge in [-0.2, -0.15) is 0 Å². The number of carbonyl (C=O) groups excluding carboxylic acids is 2. The van der Waals surface area contributed by atoms with E-state index in [0.29, 0.717) is 30.0 Å². The fourth-order valence-electron chi connectivity index (χ4n) is 1.79. The standard InChI is InChI=1S/C12H18N2O2/c1-7(2)5-10(11(13)15)14-6-8(3)9(4)12(14)16/h7,10H,3-6H2,1-2H3,(H2,13,15). The summed E-state index contributed by atoms with van der Waals surface area (Å²) >= 11 is 0. The van der Waals surface area contributed by atoms with E-state index in [4.69, 9.17) is 5.73 Å². The van der Waals surface area contributed by atoms with Gasteiger partial charge in [0.2, 0.25) is 5.91 Å². The molecule has 0 aromatic rings. The van der Waals surface area contributed by atoms with E-state index in [-0.39, 0.29) is 5.91 Å². The second-order valence-corrected chi connectivity index (χ2v) is 4.56. The highest BCUT2D eigenvalue weighted by Gasteiger charge is 2.35. The van der Waals surface area contributed by atoms with Crippen molar-refractivity contribution in [2.24, 2.45) is 11.7 Å². The summed E-state index contributed by atoms with van der Waals surface area (Å²) in [6.07, 6.45) is 0.571. The molecular formula is C12H18N2O2. The molecule has 1 atom stereocenters. The van der Waals surface area contributed by atoms with E-state index in [9.17, 15) is 9.59 Å². The van der Waals surface area contributed by atoms with Crippen molar-refractivity contribution in [2.75, 3.05) is 6.54 Å². The zero-order valence-electron chi connectivity index (χ0n) is 9.82. The molecule has 0 aliphatic carbocycles. The van der Waals surface area contributed by atoms with E-state index < -0.39 is 11.9 Å². The van der Waals surface area contributed by atoms with Gasteiger partial charge in [0.15, 0.2) is 0 Å². The van der Waals surface area contributed by atoms with Crippen LogP contribution in [0.4, 0.5) is 0 Å². The van der Waals surface area contributed by atoms with Crippen molar-refractivity contribution in [1.29, 1.82) is 0 Å². The number of nitrogens with zero attached hydrogens (tertiary/aromatic N) is 1. The molecule has 1 fully saturated rings. The van der Waals surface area contributed by atoms with E-state index in [1.807, 2.05) is 13.8 Å². The van der Waals surface area contributed by atoms with Crippen LogP contribution in [0, 0.1) is 5.92 Å². The minimum absolute atomic E-state index is 0.227. The van der Waals surface area contributed by atoms with Crippen LogP contribution >= 0.6 is 0 Å². The Kier molecular flexibility index (Phi) is 3.52. The van der Waals surface area contributed by atoms with Crippen molar-refractivity contribution in [1.82, 2.24) is 4.90 Å². The van der Waals surface area contributed by atoms with Crippen LogP contribution < -0.4 is 5.73 Å². The molecule has 1 saturated heterocycles. The summed E-state index contributed by atoms with van der Waals surface area (Å²) in [4.78, 5) is 24.6. The van der Waals surface area contributed by atoms with Crippen molar-refractivity contribution in [2.45, 2.75) is 26.3 Å². The van der Waals surface area contributed by atoms with Crippen LogP contribution in [-0.2, 0) is 9.59 Å². The van der Waals surface area contributed by atoms with Gasteiger partial charge in [0, 0.05) is 12.1 Å². The van der Waals surface area contributed by atoms with Crippen molar-refractivity contribution in [3.05, 3.63) is 24.3 Å². The Bertz CT molecular complexity index is 358. The lowest BCUT2D eigenvalue weighted by molar-refractivity contribution is -0.134. The number of primary amides is 1. The Labute approximate surface area is 95.8 Å². The number of likely N-dealkylation sites (tertiary alicyclic amines) is 1. The van der Waals surface area contributed by atoms with Crippen molar-refractivity contribution in [3.63, 3.8) is 0 Å². The van der Waals surface area contributed by atoms with Crippen LogP contribution in [-0.4, -0.2) is 29.3 Å². The normalized spacial score (nSPS) is 18.4. The summed E-state index contributed by atoms with van der Waals surface area (Å²) in [7, 11) is 0. The van der Waals surface area contributed by atoms with Gasteiger partial charge in [-0.25, -0.2) is 0 Å². The zero-order chi connectivity index (χ0) is 12.5. The summed E-state index contributed by atoms with van der Waals surface area (Å²) in [6, 6.07) is -0.552. The number of nitrogens with two attached hydrogens (primary N) is 1. The highest BCUT2D eigenvalue weighted by atomic mass is 16.2. The maximum Gasteiger partial charge on any atom is 0.254 e. The van der Waals surface area contributed by atoms with Gasteiger partial charge in [0.1, 0.15) is 6.04 Å². The fourth-order valence-corrected chi connectivity index (χ4v) is 1.79. The highest BCUT2D eigenvalue weighted by Crippen LogP contribution is 2.24. The first-order valence-corrected chi connectivity index (χ1v) is 5.32. The Hall–Kier alpha value is -1.58. The molecule has 2 N–H and O–H groups in total. The summed E-state index contributed by atoms with van der Waals surface area (Å²) in [5.41, 5.74) is 6.38. The Morgan fingerprint density at radius 3 is 2.38 bits per heavy atom. The summed E-state index contributed by atoms with van der Waals surface area (Å²) in [5.74, 6) is -0.397. The molecule has 1 rings (SSSR count). The van der Waals surface area contributed by atoms with Crippen molar-refractivity contribution < 1.29 is 9.59 Å². The van der Waals surface area contributed by atoms with Gasteiger partial charge in [-0.05, 0) is 17.9 Å². The Balaban J connectivity index is 2.88. The lowest BCUT2D eigenvalue weighted by Gasteiger charge is -2.25. The molecule has 1 unspecified atom stereocenters. The number of hydrogen-bond donors (Lipinski definition) is 1. The van der Waals surface area contributed by atoms with Crippen LogP contribution in [0.2, 0.25) is 0 Å². The van der Waals surface area contributed by atoms with E-state index in [1.165, 1.54) is 4.90 Å². The molecule has 1 aliphatic heterocycles. The average Bonchev–Trinajstić information content (AvgIpc) is 2.42. The lowest BCUT2D eigenvalue weighted by atomic mass is 10.0. The van der Waals surface area contributed by atoms with Crippen LogP contribution in [0.5, 0.6) is 0 Å².